The van der Waals surface area contributed by atoms with Crippen molar-refractivity contribution in [1.29, 1.82) is 0 Å². The Labute approximate surface area is 76.2 Å². The van der Waals surface area contributed by atoms with E-state index in [4.69, 9.17) is 5.73 Å². The fourth-order valence-electron chi connectivity index (χ4n) is 0.173. The third-order valence-electron chi connectivity index (χ3n) is 0.436. The number of nitrogens with two attached hydrogens (primary N) is 1. The Morgan fingerprint density at radius 1 is 1.56 bits per heavy atom. The largest absolute Gasteiger partial charge is 1.00 e. The molecule has 0 amide bonds. The van der Waals surface area contributed by atoms with Crippen molar-refractivity contribution in [2.45, 2.75) is 0 Å². The second-order valence-electron chi connectivity index (χ2n) is 1.15. The molecule has 0 spiro atoms. The van der Waals surface area contributed by atoms with Crippen LogP contribution >= 0.6 is 0 Å². The predicted octanol–water partition coefficient (Wildman–Crippen LogP) is -3.99. The minimum Gasteiger partial charge on any atom is -0.748 e. The zero-order valence-corrected chi connectivity index (χ0v) is 7.89. The summed E-state index contributed by atoms with van der Waals surface area (Å²) < 4.78 is 29.2. The maximum absolute atomic E-state index is 9.73. The topological polar surface area (TPSA) is 83.2 Å². The Bertz CT molecular complexity index is 173. The van der Waals surface area contributed by atoms with Gasteiger partial charge in [0.2, 0.25) is 0 Å². The molecule has 0 bridgehead atoms. The smallest absolute Gasteiger partial charge is 0.748 e. The van der Waals surface area contributed by atoms with Gasteiger partial charge >= 0.3 is 29.6 Å². The molecule has 0 saturated heterocycles. The standard InChI is InChI=1S/C3H7NO3S.Na/c4-2-1-3-8(5,6)7;/h1-2H,3-4H2,(H,5,6,7);/q;+1/p-1. The molecule has 0 heterocycles. The molecule has 0 radical (unpaired) electrons. The predicted molar refractivity (Wildman–Crippen MR) is 27.9 cm³/mol. The molecule has 0 fully saturated rings. The molecule has 6 heteroatoms. The number of hydrogen-bond donors (Lipinski definition) is 1. The molecule has 2 N–H and O–H groups in total. The summed E-state index contributed by atoms with van der Waals surface area (Å²) in [4.78, 5) is 0. The average Bonchev–Trinajstić information content (AvgIpc) is 1.59. The summed E-state index contributed by atoms with van der Waals surface area (Å²) in [6.07, 6.45) is 2.11. The van der Waals surface area contributed by atoms with E-state index in [1.807, 2.05) is 0 Å². The van der Waals surface area contributed by atoms with Crippen LogP contribution in [0.15, 0.2) is 12.3 Å². The first-order valence-corrected chi connectivity index (χ1v) is 3.44. The van der Waals surface area contributed by atoms with Gasteiger partial charge in [0.15, 0.2) is 0 Å². The van der Waals surface area contributed by atoms with Crippen LogP contribution in [0.3, 0.4) is 0 Å². The van der Waals surface area contributed by atoms with Crippen LogP contribution in [-0.2, 0) is 10.1 Å². The monoisotopic (exact) mass is 159 g/mol. The van der Waals surface area contributed by atoms with Gasteiger partial charge in [-0.1, -0.05) is 6.08 Å². The van der Waals surface area contributed by atoms with Gasteiger partial charge in [-0.2, -0.15) is 0 Å². The maximum atomic E-state index is 9.73. The summed E-state index contributed by atoms with van der Waals surface area (Å²) in [5, 5.41) is 0. The van der Waals surface area contributed by atoms with Crippen LogP contribution in [0.1, 0.15) is 0 Å². The molecule has 0 unspecified atom stereocenters. The van der Waals surface area contributed by atoms with Crippen LogP contribution in [0.2, 0.25) is 0 Å². The second-order valence-corrected chi connectivity index (χ2v) is 2.60. The molecule has 0 aromatic heterocycles. The van der Waals surface area contributed by atoms with Crippen LogP contribution in [-0.4, -0.2) is 18.7 Å². The van der Waals surface area contributed by atoms with Crippen molar-refractivity contribution in [2.24, 2.45) is 5.73 Å². The van der Waals surface area contributed by atoms with E-state index in [9.17, 15) is 13.0 Å². The summed E-state index contributed by atoms with van der Waals surface area (Å²) in [6.45, 7) is 0. The molecule has 0 aromatic carbocycles. The normalized spacial score (nSPS) is 11.2. The van der Waals surface area contributed by atoms with Crippen LogP contribution in [0.5, 0.6) is 0 Å². The summed E-state index contributed by atoms with van der Waals surface area (Å²) >= 11 is 0. The molecular formula is C3H6NNaO3S. The van der Waals surface area contributed by atoms with Gasteiger partial charge in [0.1, 0.15) is 0 Å². The molecule has 0 aliphatic rings. The van der Waals surface area contributed by atoms with Crippen molar-refractivity contribution in [3.8, 4) is 0 Å². The number of rotatable bonds is 2. The first-order chi connectivity index (χ1) is 3.56. The van der Waals surface area contributed by atoms with Crippen molar-refractivity contribution >= 4 is 10.1 Å². The summed E-state index contributed by atoms with van der Waals surface area (Å²) in [6, 6.07) is 0. The van der Waals surface area contributed by atoms with Crippen LogP contribution in [0.4, 0.5) is 0 Å². The average molecular weight is 159 g/mol. The molecule has 0 rings (SSSR count). The van der Waals surface area contributed by atoms with E-state index in [0.717, 1.165) is 12.3 Å². The van der Waals surface area contributed by atoms with E-state index in [1.165, 1.54) is 0 Å². The van der Waals surface area contributed by atoms with E-state index in [-0.39, 0.29) is 29.6 Å². The molecule has 0 aliphatic carbocycles. The van der Waals surface area contributed by atoms with Gasteiger partial charge in [-0.3, -0.25) is 0 Å². The molecule has 0 aliphatic heterocycles. The second kappa shape index (κ2) is 5.25. The molecule has 48 valence electrons. The quantitative estimate of drug-likeness (QED) is 0.329. The third-order valence-corrected chi connectivity index (χ3v) is 1.04. The minimum atomic E-state index is -4.10. The van der Waals surface area contributed by atoms with Gasteiger partial charge < -0.3 is 10.3 Å². The fourth-order valence-corrected chi connectivity index (χ4v) is 0.520. The fraction of sp³-hybridized carbons (Fsp3) is 0.333. The van der Waals surface area contributed by atoms with Crippen molar-refractivity contribution in [3.63, 3.8) is 0 Å². The summed E-state index contributed by atoms with van der Waals surface area (Å²) in [5.74, 6) is -0.524. The van der Waals surface area contributed by atoms with E-state index in [1.54, 1.807) is 0 Å². The summed E-state index contributed by atoms with van der Waals surface area (Å²) in [7, 11) is -4.10. The molecule has 0 atom stereocenters. The van der Waals surface area contributed by atoms with Gasteiger partial charge in [0.25, 0.3) is 0 Å². The van der Waals surface area contributed by atoms with Crippen molar-refractivity contribution in [1.82, 2.24) is 0 Å². The van der Waals surface area contributed by atoms with Gasteiger partial charge in [0.05, 0.1) is 15.9 Å². The third kappa shape index (κ3) is 11.8. The zero-order chi connectivity index (χ0) is 6.62. The Balaban J connectivity index is 0. The first-order valence-electron chi connectivity index (χ1n) is 1.86. The Kier molecular flexibility index (Phi) is 7.09. The molecular weight excluding hydrogens is 153 g/mol. The Morgan fingerprint density at radius 3 is 2.11 bits per heavy atom. The van der Waals surface area contributed by atoms with Crippen LogP contribution in [0.25, 0.3) is 0 Å². The zero-order valence-electron chi connectivity index (χ0n) is 5.07. The molecule has 0 saturated carbocycles. The summed E-state index contributed by atoms with van der Waals surface area (Å²) in [5.41, 5.74) is 4.75. The first kappa shape index (κ1) is 12.2. The molecule has 9 heavy (non-hydrogen) atoms. The van der Waals surface area contributed by atoms with Gasteiger partial charge in [-0.25, -0.2) is 8.42 Å². The SMILES string of the molecule is NC=CCS(=O)(=O)[O-].[Na+]. The van der Waals surface area contributed by atoms with E-state index in [0.29, 0.717) is 0 Å². The molecule has 4 nitrogen and oxygen atoms in total. The maximum Gasteiger partial charge on any atom is 1.00 e. The van der Waals surface area contributed by atoms with Crippen molar-refractivity contribution in [2.75, 3.05) is 5.75 Å². The van der Waals surface area contributed by atoms with Gasteiger partial charge in [0, 0.05) is 0 Å². The van der Waals surface area contributed by atoms with Gasteiger partial charge in [-0.15, -0.1) is 0 Å². The van der Waals surface area contributed by atoms with Crippen LogP contribution in [0, 0.1) is 0 Å². The van der Waals surface area contributed by atoms with Crippen LogP contribution < -0.4 is 35.3 Å². The minimum absolute atomic E-state index is 0. The van der Waals surface area contributed by atoms with Crippen molar-refractivity contribution < 1.29 is 42.5 Å². The van der Waals surface area contributed by atoms with Gasteiger partial charge in [-0.05, 0) is 6.20 Å². The van der Waals surface area contributed by atoms with E-state index < -0.39 is 15.9 Å². The van der Waals surface area contributed by atoms with E-state index >= 15 is 0 Å². The Morgan fingerprint density at radius 2 is 2.00 bits per heavy atom. The Hall–Kier alpha value is 0.450. The molecule has 0 aromatic rings. The van der Waals surface area contributed by atoms with E-state index in [2.05, 4.69) is 0 Å². The van der Waals surface area contributed by atoms with Crippen molar-refractivity contribution in [3.05, 3.63) is 12.3 Å². The number of hydrogen-bond acceptors (Lipinski definition) is 4.